The zero-order valence-electron chi connectivity index (χ0n) is 16.3. The summed E-state index contributed by atoms with van der Waals surface area (Å²) in [6.45, 7) is 5.28. The van der Waals surface area contributed by atoms with E-state index >= 15 is 0 Å². The molecule has 152 valence electrons. The maximum absolute atomic E-state index is 12.2. The summed E-state index contributed by atoms with van der Waals surface area (Å²) in [5.74, 6) is -0.319. The Bertz CT molecular complexity index is 718. The molecule has 1 aromatic rings. The van der Waals surface area contributed by atoms with E-state index in [1.807, 2.05) is 0 Å². The van der Waals surface area contributed by atoms with E-state index < -0.39 is 0 Å². The molecule has 7 heteroatoms. The van der Waals surface area contributed by atoms with Crippen molar-refractivity contribution in [3.05, 3.63) is 29.3 Å². The third-order valence-corrected chi connectivity index (χ3v) is 5.93. The Hall–Kier alpha value is -1.96. The number of ether oxygens (including phenoxy) is 1. The van der Waals surface area contributed by atoms with Crippen LogP contribution in [-0.2, 0) is 27.4 Å². The molecule has 3 N–H and O–H groups in total. The number of piperidine rings is 2. The van der Waals surface area contributed by atoms with E-state index in [1.54, 1.807) is 0 Å². The van der Waals surface area contributed by atoms with Crippen LogP contribution in [-0.4, -0.2) is 55.1 Å². The van der Waals surface area contributed by atoms with Crippen LogP contribution >= 0.6 is 0 Å². The van der Waals surface area contributed by atoms with Crippen LogP contribution in [0.3, 0.4) is 0 Å². The van der Waals surface area contributed by atoms with Crippen molar-refractivity contribution in [2.45, 2.75) is 57.3 Å². The van der Waals surface area contributed by atoms with Gasteiger partial charge in [-0.1, -0.05) is 12.1 Å². The van der Waals surface area contributed by atoms with Crippen LogP contribution in [0.4, 0.5) is 5.69 Å². The van der Waals surface area contributed by atoms with E-state index in [-0.39, 0.29) is 17.9 Å². The summed E-state index contributed by atoms with van der Waals surface area (Å²) in [5.41, 5.74) is 3.68. The third-order valence-electron chi connectivity index (χ3n) is 5.93. The van der Waals surface area contributed by atoms with E-state index in [0.29, 0.717) is 18.9 Å². The molecule has 2 fully saturated rings. The predicted octanol–water partition coefficient (Wildman–Crippen LogP) is 1.38. The highest BCUT2D eigenvalue weighted by Crippen LogP contribution is 2.32. The highest BCUT2D eigenvalue weighted by Gasteiger charge is 2.35. The smallest absolute Gasteiger partial charge is 0.243 e. The number of hydrogen-bond acceptors (Lipinski definition) is 6. The van der Waals surface area contributed by atoms with E-state index in [4.69, 9.17) is 4.74 Å². The van der Waals surface area contributed by atoms with E-state index in [0.717, 1.165) is 64.3 Å². The van der Waals surface area contributed by atoms with Crippen molar-refractivity contribution in [3.63, 3.8) is 0 Å². The van der Waals surface area contributed by atoms with Crippen LogP contribution in [0.5, 0.6) is 0 Å². The SMILES string of the molecule is O=C1CCC(N2Cc3cccc(NCCCOC4CCNCC4)c3C2)C(=O)N1. The van der Waals surface area contributed by atoms with E-state index in [2.05, 4.69) is 39.0 Å². The Kier molecular flexibility index (Phi) is 6.24. The van der Waals surface area contributed by atoms with Gasteiger partial charge in [0.15, 0.2) is 0 Å². The molecule has 0 bridgehead atoms. The molecule has 0 radical (unpaired) electrons. The minimum atomic E-state index is -0.212. The first-order valence-corrected chi connectivity index (χ1v) is 10.5. The summed E-state index contributed by atoms with van der Waals surface area (Å²) >= 11 is 0. The second kappa shape index (κ2) is 9.03. The molecule has 1 atom stereocenters. The molecule has 1 unspecified atom stereocenters. The van der Waals surface area contributed by atoms with Crippen molar-refractivity contribution in [1.29, 1.82) is 0 Å². The molecule has 0 aromatic heterocycles. The fraction of sp³-hybridized carbons (Fsp3) is 0.619. The molecule has 0 spiro atoms. The number of imide groups is 1. The summed E-state index contributed by atoms with van der Waals surface area (Å²) in [4.78, 5) is 25.8. The van der Waals surface area contributed by atoms with Crippen molar-refractivity contribution in [2.24, 2.45) is 0 Å². The highest BCUT2D eigenvalue weighted by atomic mass is 16.5. The first kappa shape index (κ1) is 19.4. The van der Waals surface area contributed by atoms with Gasteiger partial charge in [-0.15, -0.1) is 0 Å². The minimum absolute atomic E-state index is 0.159. The molecule has 0 saturated carbocycles. The summed E-state index contributed by atoms with van der Waals surface area (Å²) in [6.07, 6.45) is 4.63. The normalized spacial score (nSPS) is 23.5. The summed E-state index contributed by atoms with van der Waals surface area (Å²) in [5, 5.41) is 9.38. The van der Waals surface area contributed by atoms with Gasteiger partial charge in [-0.3, -0.25) is 19.8 Å². The van der Waals surface area contributed by atoms with Gasteiger partial charge in [0.2, 0.25) is 11.8 Å². The lowest BCUT2D eigenvalue weighted by Crippen LogP contribution is -2.50. The number of nitrogens with zero attached hydrogens (tertiary/aromatic N) is 1. The van der Waals surface area contributed by atoms with Crippen LogP contribution in [0.25, 0.3) is 0 Å². The number of fused-ring (bicyclic) bond motifs is 1. The lowest BCUT2D eigenvalue weighted by molar-refractivity contribution is -0.137. The highest BCUT2D eigenvalue weighted by molar-refractivity contribution is 6.00. The number of hydrogen-bond donors (Lipinski definition) is 3. The molecule has 3 heterocycles. The Morgan fingerprint density at radius 3 is 2.82 bits per heavy atom. The van der Waals surface area contributed by atoms with Crippen LogP contribution in [0.1, 0.15) is 43.2 Å². The zero-order valence-corrected chi connectivity index (χ0v) is 16.3. The first-order valence-electron chi connectivity index (χ1n) is 10.5. The fourth-order valence-electron chi connectivity index (χ4n) is 4.37. The molecule has 0 aliphatic carbocycles. The Morgan fingerprint density at radius 2 is 2.00 bits per heavy atom. The molecule has 2 amide bonds. The average molecular weight is 386 g/mol. The van der Waals surface area contributed by atoms with Crippen LogP contribution < -0.4 is 16.0 Å². The van der Waals surface area contributed by atoms with Crippen molar-refractivity contribution in [2.75, 3.05) is 31.6 Å². The maximum atomic E-state index is 12.2. The van der Waals surface area contributed by atoms with Crippen molar-refractivity contribution in [1.82, 2.24) is 15.5 Å². The van der Waals surface area contributed by atoms with E-state index in [9.17, 15) is 9.59 Å². The maximum Gasteiger partial charge on any atom is 0.243 e. The molecule has 4 rings (SSSR count). The van der Waals surface area contributed by atoms with Crippen molar-refractivity contribution in [3.8, 4) is 0 Å². The monoisotopic (exact) mass is 386 g/mol. The quantitative estimate of drug-likeness (QED) is 0.485. The number of carbonyl (C=O) groups is 2. The lowest BCUT2D eigenvalue weighted by atomic mass is 10.0. The predicted molar refractivity (Wildman–Crippen MR) is 107 cm³/mol. The van der Waals surface area contributed by atoms with Gasteiger partial charge in [0.25, 0.3) is 0 Å². The molecule has 7 nitrogen and oxygen atoms in total. The van der Waals surface area contributed by atoms with Crippen molar-refractivity contribution < 1.29 is 14.3 Å². The largest absolute Gasteiger partial charge is 0.385 e. The number of amides is 2. The second-order valence-corrected chi connectivity index (χ2v) is 7.92. The molecule has 3 aliphatic heterocycles. The van der Waals surface area contributed by atoms with Crippen LogP contribution in [0.2, 0.25) is 0 Å². The van der Waals surface area contributed by atoms with Crippen molar-refractivity contribution >= 4 is 17.5 Å². The van der Waals surface area contributed by atoms with E-state index in [1.165, 1.54) is 11.1 Å². The molecular weight excluding hydrogens is 356 g/mol. The van der Waals surface area contributed by atoms with Gasteiger partial charge in [-0.05, 0) is 56.0 Å². The number of rotatable bonds is 7. The minimum Gasteiger partial charge on any atom is -0.385 e. The standard InChI is InChI=1S/C21H30N4O3/c26-20-6-5-19(21(27)24-20)25-13-15-3-1-4-18(17(15)14-25)23-9-2-12-28-16-7-10-22-11-8-16/h1,3-4,16,19,22-23H,2,5-14H2,(H,24,26,27). The lowest BCUT2D eigenvalue weighted by Gasteiger charge is -2.29. The van der Waals surface area contributed by atoms with Gasteiger partial charge >= 0.3 is 0 Å². The third kappa shape index (κ3) is 4.54. The van der Waals surface area contributed by atoms with Gasteiger partial charge in [-0.2, -0.15) is 0 Å². The Balaban J connectivity index is 1.26. The summed E-state index contributed by atoms with van der Waals surface area (Å²) in [7, 11) is 0. The van der Waals surface area contributed by atoms with Gasteiger partial charge in [0.1, 0.15) is 0 Å². The zero-order chi connectivity index (χ0) is 19.3. The van der Waals surface area contributed by atoms with Gasteiger partial charge in [0.05, 0.1) is 12.1 Å². The first-order chi connectivity index (χ1) is 13.7. The summed E-state index contributed by atoms with van der Waals surface area (Å²) in [6, 6.07) is 6.10. The Labute approximate surface area is 166 Å². The molecule has 1 aromatic carbocycles. The van der Waals surface area contributed by atoms with Crippen LogP contribution in [0.15, 0.2) is 18.2 Å². The fourth-order valence-corrected chi connectivity index (χ4v) is 4.37. The van der Waals surface area contributed by atoms with Crippen LogP contribution in [0, 0.1) is 0 Å². The molecule has 28 heavy (non-hydrogen) atoms. The molecule has 2 saturated heterocycles. The number of carbonyl (C=O) groups excluding carboxylic acids is 2. The molecular formula is C21H30N4O3. The second-order valence-electron chi connectivity index (χ2n) is 7.92. The number of anilines is 1. The number of benzene rings is 1. The average Bonchev–Trinajstić information content (AvgIpc) is 3.13. The molecule has 3 aliphatic rings. The topological polar surface area (TPSA) is 82.7 Å². The Morgan fingerprint density at radius 1 is 1.14 bits per heavy atom. The van der Waals surface area contributed by atoms with Gasteiger partial charge < -0.3 is 15.4 Å². The summed E-state index contributed by atoms with van der Waals surface area (Å²) < 4.78 is 5.97. The van der Waals surface area contributed by atoms with Gasteiger partial charge in [-0.25, -0.2) is 0 Å². The number of nitrogens with one attached hydrogen (secondary N) is 3. The van der Waals surface area contributed by atoms with Gasteiger partial charge in [0, 0.05) is 38.3 Å².